The van der Waals surface area contributed by atoms with Crippen molar-refractivity contribution in [3.05, 3.63) is 0 Å². The molecule has 0 saturated carbocycles. The second-order valence-electron chi connectivity index (χ2n) is 4.12. The second kappa shape index (κ2) is 6.07. The molecule has 1 aliphatic rings. The van der Waals surface area contributed by atoms with Crippen LogP contribution in [0.25, 0.3) is 0 Å². The zero-order valence-corrected chi connectivity index (χ0v) is 10.9. The third kappa shape index (κ3) is 3.23. The summed E-state index contributed by atoms with van der Waals surface area (Å²) >= 11 is 1.35. The summed E-state index contributed by atoms with van der Waals surface area (Å²) in [7, 11) is 0. The lowest BCUT2D eigenvalue weighted by atomic mass is 10.0. The van der Waals surface area contributed by atoms with Crippen LogP contribution < -0.4 is 15.8 Å². The molecule has 0 radical (unpaired) electrons. The Hall–Kier alpha value is -1.01. The first-order valence-electron chi connectivity index (χ1n) is 6.00. The van der Waals surface area contributed by atoms with E-state index in [0.717, 1.165) is 31.2 Å². The number of nitrogens with two attached hydrogens (primary N) is 1. The molecule has 0 bridgehead atoms. The second-order valence-corrected chi connectivity index (χ2v) is 4.90. The molecule has 1 saturated heterocycles. The highest BCUT2D eigenvalue weighted by Gasteiger charge is 2.17. The minimum absolute atomic E-state index is 0.472. The lowest BCUT2D eigenvalue weighted by molar-refractivity contribution is 0.0595. The standard InChI is InChI=1S/C11H19N3O2S/c1-2-16-9-10(12)14-17-11(9)13-6-8-4-3-5-15-7-8/h8,13H,2-7H2,1H3,(H2,12,14). The fourth-order valence-electron chi connectivity index (χ4n) is 1.90. The van der Waals surface area contributed by atoms with Gasteiger partial charge in [0.2, 0.25) is 0 Å². The van der Waals surface area contributed by atoms with E-state index in [-0.39, 0.29) is 0 Å². The molecule has 1 fully saturated rings. The Morgan fingerprint density at radius 2 is 2.53 bits per heavy atom. The summed E-state index contributed by atoms with van der Waals surface area (Å²) in [5.41, 5.74) is 5.75. The number of nitrogens with zero attached hydrogens (tertiary/aromatic N) is 1. The van der Waals surface area contributed by atoms with Crippen molar-refractivity contribution in [3.63, 3.8) is 0 Å². The molecular formula is C11H19N3O2S. The highest BCUT2D eigenvalue weighted by Crippen LogP contribution is 2.35. The quantitative estimate of drug-likeness (QED) is 0.844. The van der Waals surface area contributed by atoms with Gasteiger partial charge in [-0.2, -0.15) is 4.37 Å². The van der Waals surface area contributed by atoms with Crippen molar-refractivity contribution in [2.24, 2.45) is 5.92 Å². The topological polar surface area (TPSA) is 69.4 Å². The first-order valence-corrected chi connectivity index (χ1v) is 6.78. The fraction of sp³-hybridized carbons (Fsp3) is 0.727. The van der Waals surface area contributed by atoms with Crippen molar-refractivity contribution in [1.29, 1.82) is 0 Å². The third-order valence-electron chi connectivity index (χ3n) is 2.77. The van der Waals surface area contributed by atoms with Gasteiger partial charge in [-0.05, 0) is 37.2 Å². The molecule has 1 aromatic rings. The van der Waals surface area contributed by atoms with Gasteiger partial charge in [0.05, 0.1) is 13.2 Å². The number of nitrogens with one attached hydrogen (secondary N) is 1. The Kier molecular flexibility index (Phi) is 4.44. The molecule has 1 aromatic heterocycles. The highest BCUT2D eigenvalue weighted by molar-refractivity contribution is 7.11. The Labute approximate surface area is 105 Å². The molecule has 17 heavy (non-hydrogen) atoms. The van der Waals surface area contributed by atoms with Gasteiger partial charge < -0.3 is 20.5 Å². The monoisotopic (exact) mass is 257 g/mol. The van der Waals surface area contributed by atoms with E-state index in [0.29, 0.717) is 24.1 Å². The number of ether oxygens (including phenoxy) is 2. The molecule has 2 heterocycles. The van der Waals surface area contributed by atoms with Gasteiger partial charge in [-0.25, -0.2) is 0 Å². The summed E-state index contributed by atoms with van der Waals surface area (Å²) in [6.07, 6.45) is 2.36. The molecule has 1 unspecified atom stereocenters. The average Bonchev–Trinajstić information content (AvgIpc) is 2.70. The van der Waals surface area contributed by atoms with Gasteiger partial charge in [-0.3, -0.25) is 0 Å². The molecule has 1 aliphatic heterocycles. The predicted octanol–water partition coefficient (Wildman–Crippen LogP) is 1.96. The number of nitrogen functional groups attached to an aromatic ring is 1. The maximum atomic E-state index is 5.75. The Balaban J connectivity index is 1.89. The van der Waals surface area contributed by atoms with Gasteiger partial charge >= 0.3 is 0 Å². The fourth-order valence-corrected chi connectivity index (χ4v) is 2.56. The van der Waals surface area contributed by atoms with Crippen molar-refractivity contribution in [3.8, 4) is 5.75 Å². The smallest absolute Gasteiger partial charge is 0.197 e. The first kappa shape index (κ1) is 12.4. The van der Waals surface area contributed by atoms with E-state index in [4.69, 9.17) is 15.2 Å². The van der Waals surface area contributed by atoms with Crippen LogP contribution in [0.4, 0.5) is 10.8 Å². The van der Waals surface area contributed by atoms with Crippen LogP contribution in [0.2, 0.25) is 0 Å². The van der Waals surface area contributed by atoms with Gasteiger partial charge in [-0.15, -0.1) is 0 Å². The number of anilines is 2. The van der Waals surface area contributed by atoms with Gasteiger partial charge in [0.25, 0.3) is 0 Å². The Morgan fingerprint density at radius 1 is 1.65 bits per heavy atom. The molecular weight excluding hydrogens is 238 g/mol. The lowest BCUT2D eigenvalue weighted by Gasteiger charge is -2.22. The van der Waals surface area contributed by atoms with E-state index in [9.17, 15) is 0 Å². The SMILES string of the molecule is CCOc1c(N)nsc1NCC1CCCOC1. The van der Waals surface area contributed by atoms with Gasteiger partial charge in [0, 0.05) is 13.2 Å². The van der Waals surface area contributed by atoms with E-state index >= 15 is 0 Å². The molecule has 1 atom stereocenters. The lowest BCUT2D eigenvalue weighted by Crippen LogP contribution is -2.24. The average molecular weight is 257 g/mol. The van der Waals surface area contributed by atoms with Gasteiger partial charge in [-0.1, -0.05) is 0 Å². The Morgan fingerprint density at radius 3 is 3.24 bits per heavy atom. The third-order valence-corrected chi connectivity index (χ3v) is 3.57. The van der Waals surface area contributed by atoms with Crippen LogP contribution in [0, 0.1) is 5.92 Å². The molecule has 0 aliphatic carbocycles. The molecule has 6 heteroatoms. The van der Waals surface area contributed by atoms with Gasteiger partial charge in [0.15, 0.2) is 16.6 Å². The number of hydrogen-bond acceptors (Lipinski definition) is 6. The zero-order valence-electron chi connectivity index (χ0n) is 10.1. The number of rotatable bonds is 5. The van der Waals surface area contributed by atoms with Crippen LogP contribution in [0.15, 0.2) is 0 Å². The van der Waals surface area contributed by atoms with Crippen LogP contribution in [0.3, 0.4) is 0 Å². The maximum absolute atomic E-state index is 5.75. The van der Waals surface area contributed by atoms with Crippen LogP contribution in [-0.4, -0.2) is 30.7 Å². The number of aromatic nitrogens is 1. The summed E-state index contributed by atoms with van der Waals surface area (Å²) in [5, 5.41) is 4.29. The van der Waals surface area contributed by atoms with Crippen LogP contribution in [-0.2, 0) is 4.74 Å². The van der Waals surface area contributed by atoms with Crippen LogP contribution in [0.5, 0.6) is 5.75 Å². The number of hydrogen-bond donors (Lipinski definition) is 2. The Bertz CT molecular complexity index is 350. The summed E-state index contributed by atoms with van der Waals surface area (Å²) in [4.78, 5) is 0. The van der Waals surface area contributed by atoms with E-state index in [1.165, 1.54) is 18.0 Å². The van der Waals surface area contributed by atoms with Crippen molar-refractivity contribution in [2.75, 3.05) is 37.4 Å². The normalized spacial score (nSPS) is 20.2. The molecule has 0 aromatic carbocycles. The molecule has 3 N–H and O–H groups in total. The highest BCUT2D eigenvalue weighted by atomic mass is 32.1. The molecule has 2 rings (SSSR count). The minimum Gasteiger partial charge on any atom is -0.487 e. The molecule has 5 nitrogen and oxygen atoms in total. The van der Waals surface area contributed by atoms with Crippen molar-refractivity contribution in [1.82, 2.24) is 4.37 Å². The van der Waals surface area contributed by atoms with E-state index < -0.39 is 0 Å². The van der Waals surface area contributed by atoms with Crippen molar-refractivity contribution >= 4 is 22.4 Å². The van der Waals surface area contributed by atoms with E-state index in [1.807, 2.05) is 6.92 Å². The summed E-state index contributed by atoms with van der Waals surface area (Å²) < 4.78 is 15.0. The first-order chi connectivity index (χ1) is 8.31. The van der Waals surface area contributed by atoms with Gasteiger partial charge in [0.1, 0.15) is 0 Å². The minimum atomic E-state index is 0.472. The predicted molar refractivity (Wildman–Crippen MR) is 69.7 cm³/mol. The van der Waals surface area contributed by atoms with Crippen LogP contribution >= 0.6 is 11.5 Å². The van der Waals surface area contributed by atoms with Crippen LogP contribution in [0.1, 0.15) is 19.8 Å². The van der Waals surface area contributed by atoms with Crippen molar-refractivity contribution < 1.29 is 9.47 Å². The molecule has 0 amide bonds. The van der Waals surface area contributed by atoms with E-state index in [2.05, 4.69) is 9.69 Å². The summed E-state index contributed by atoms with van der Waals surface area (Å²) in [6.45, 7) is 5.17. The summed E-state index contributed by atoms with van der Waals surface area (Å²) in [6, 6.07) is 0. The van der Waals surface area contributed by atoms with E-state index in [1.54, 1.807) is 0 Å². The van der Waals surface area contributed by atoms with Crippen molar-refractivity contribution in [2.45, 2.75) is 19.8 Å². The largest absolute Gasteiger partial charge is 0.487 e. The summed E-state index contributed by atoms with van der Waals surface area (Å²) in [5.74, 6) is 1.73. The zero-order chi connectivity index (χ0) is 12.1. The molecule has 96 valence electrons. The maximum Gasteiger partial charge on any atom is 0.197 e. The molecule has 0 spiro atoms.